The number of ether oxygens (including phenoxy) is 2. The molecule has 1 aliphatic rings. The summed E-state index contributed by atoms with van der Waals surface area (Å²) in [5.41, 5.74) is 1.81. The average Bonchev–Trinajstić information content (AvgIpc) is 3.32. The van der Waals surface area contributed by atoms with Gasteiger partial charge in [-0.1, -0.05) is 18.2 Å². The number of fused-ring (bicyclic) bond motifs is 1. The zero-order valence-electron chi connectivity index (χ0n) is 14.5. The first kappa shape index (κ1) is 16.2. The van der Waals surface area contributed by atoms with Crippen LogP contribution in [0.4, 0.5) is 0 Å². The number of hydrogen-bond donors (Lipinski definition) is 1. The highest BCUT2D eigenvalue weighted by Crippen LogP contribution is 2.35. The molecule has 2 aromatic carbocycles. The van der Waals surface area contributed by atoms with E-state index in [4.69, 9.17) is 13.9 Å². The molecule has 0 fully saturated rings. The maximum Gasteiger partial charge on any atom is 0.251 e. The van der Waals surface area contributed by atoms with Crippen molar-refractivity contribution in [2.24, 2.45) is 0 Å². The van der Waals surface area contributed by atoms with Gasteiger partial charge in [0, 0.05) is 11.1 Å². The van der Waals surface area contributed by atoms with Gasteiger partial charge in [-0.2, -0.15) is 0 Å². The van der Waals surface area contributed by atoms with Crippen LogP contribution in [0.2, 0.25) is 0 Å². The van der Waals surface area contributed by atoms with E-state index < -0.39 is 5.54 Å². The van der Waals surface area contributed by atoms with Crippen LogP contribution in [-0.2, 0) is 5.54 Å². The molecule has 0 bridgehead atoms. The highest BCUT2D eigenvalue weighted by molar-refractivity contribution is 5.95. The molecule has 0 saturated carbocycles. The van der Waals surface area contributed by atoms with Gasteiger partial charge in [0.05, 0.1) is 11.7 Å². The van der Waals surface area contributed by atoms with Crippen molar-refractivity contribution in [1.82, 2.24) is 10.3 Å². The summed E-state index contributed by atoms with van der Waals surface area (Å²) in [5, 5.41) is 3.06. The summed E-state index contributed by atoms with van der Waals surface area (Å²) in [6.45, 7) is 4.12. The molecule has 1 aliphatic heterocycles. The zero-order chi connectivity index (χ0) is 18.1. The van der Waals surface area contributed by atoms with Gasteiger partial charge in [0.15, 0.2) is 23.7 Å². The van der Waals surface area contributed by atoms with Crippen molar-refractivity contribution in [2.75, 3.05) is 6.79 Å². The SMILES string of the molecule is CC(C)(NC(=O)c1ccc(-c2cnco2)cc1)c1ccc2c(c1)OCO2. The molecule has 0 atom stereocenters. The fourth-order valence-electron chi connectivity index (χ4n) is 2.86. The van der Waals surface area contributed by atoms with Gasteiger partial charge in [-0.15, -0.1) is 0 Å². The average molecular weight is 350 g/mol. The van der Waals surface area contributed by atoms with Crippen molar-refractivity contribution in [2.45, 2.75) is 19.4 Å². The number of nitrogens with one attached hydrogen (secondary N) is 1. The second kappa shape index (κ2) is 6.22. The molecular weight excluding hydrogens is 332 g/mol. The van der Waals surface area contributed by atoms with E-state index in [1.807, 2.05) is 44.2 Å². The van der Waals surface area contributed by atoms with Crippen molar-refractivity contribution >= 4 is 5.91 Å². The molecule has 0 saturated heterocycles. The van der Waals surface area contributed by atoms with Gasteiger partial charge in [-0.25, -0.2) is 4.98 Å². The van der Waals surface area contributed by atoms with E-state index in [2.05, 4.69) is 10.3 Å². The molecule has 0 unspecified atom stereocenters. The topological polar surface area (TPSA) is 73.6 Å². The third kappa shape index (κ3) is 3.01. The largest absolute Gasteiger partial charge is 0.454 e. The highest BCUT2D eigenvalue weighted by Gasteiger charge is 2.26. The minimum Gasteiger partial charge on any atom is -0.454 e. The van der Waals surface area contributed by atoms with E-state index in [-0.39, 0.29) is 12.7 Å². The lowest BCUT2D eigenvalue weighted by molar-refractivity contribution is 0.0912. The normalized spacial score (nSPS) is 12.8. The lowest BCUT2D eigenvalue weighted by atomic mass is 9.93. The van der Waals surface area contributed by atoms with Crippen LogP contribution >= 0.6 is 0 Å². The summed E-state index contributed by atoms with van der Waals surface area (Å²) in [7, 11) is 0. The summed E-state index contributed by atoms with van der Waals surface area (Å²) >= 11 is 0. The molecule has 0 spiro atoms. The molecule has 2 heterocycles. The Bertz CT molecular complexity index is 931. The van der Waals surface area contributed by atoms with Crippen molar-refractivity contribution in [1.29, 1.82) is 0 Å². The Morgan fingerprint density at radius 1 is 1.08 bits per heavy atom. The minimum atomic E-state index is -0.568. The van der Waals surface area contributed by atoms with Crippen LogP contribution in [0, 0.1) is 0 Å². The van der Waals surface area contributed by atoms with Crippen molar-refractivity contribution in [3.8, 4) is 22.8 Å². The quantitative estimate of drug-likeness (QED) is 0.776. The molecule has 26 heavy (non-hydrogen) atoms. The molecule has 3 aromatic rings. The Morgan fingerprint density at radius 3 is 2.58 bits per heavy atom. The van der Waals surface area contributed by atoms with E-state index in [1.54, 1.807) is 18.3 Å². The third-order valence-electron chi connectivity index (χ3n) is 4.38. The molecular formula is C20H18N2O4. The summed E-state index contributed by atoms with van der Waals surface area (Å²) < 4.78 is 16.0. The standard InChI is InChI=1S/C20H18N2O4/c1-20(2,15-7-8-16-17(9-15)26-12-25-16)22-19(23)14-5-3-13(4-6-14)18-10-21-11-24-18/h3-11H,12H2,1-2H3,(H,22,23). The first-order chi connectivity index (χ1) is 12.5. The fraction of sp³-hybridized carbons (Fsp3) is 0.200. The first-order valence-electron chi connectivity index (χ1n) is 8.24. The monoisotopic (exact) mass is 350 g/mol. The molecule has 132 valence electrons. The number of amides is 1. The second-order valence-corrected chi connectivity index (χ2v) is 6.59. The van der Waals surface area contributed by atoms with Crippen LogP contribution in [0.1, 0.15) is 29.8 Å². The second-order valence-electron chi connectivity index (χ2n) is 6.59. The molecule has 1 amide bonds. The maximum absolute atomic E-state index is 12.7. The minimum absolute atomic E-state index is 0.156. The number of hydrogen-bond acceptors (Lipinski definition) is 5. The van der Waals surface area contributed by atoms with E-state index in [0.29, 0.717) is 17.1 Å². The maximum atomic E-state index is 12.7. The van der Waals surface area contributed by atoms with E-state index >= 15 is 0 Å². The predicted molar refractivity (Wildman–Crippen MR) is 95.0 cm³/mol. The van der Waals surface area contributed by atoms with Crippen molar-refractivity contribution in [3.63, 3.8) is 0 Å². The van der Waals surface area contributed by atoms with Crippen molar-refractivity contribution < 1.29 is 18.7 Å². The van der Waals surface area contributed by atoms with Crippen LogP contribution in [0.15, 0.2) is 59.5 Å². The molecule has 4 rings (SSSR count). The number of oxazole rings is 1. The van der Waals surface area contributed by atoms with Gasteiger partial charge < -0.3 is 19.2 Å². The van der Waals surface area contributed by atoms with Crippen LogP contribution in [0.5, 0.6) is 11.5 Å². The lowest BCUT2D eigenvalue weighted by Crippen LogP contribution is -2.40. The highest BCUT2D eigenvalue weighted by atomic mass is 16.7. The van der Waals surface area contributed by atoms with Crippen LogP contribution in [0.3, 0.4) is 0 Å². The van der Waals surface area contributed by atoms with E-state index in [1.165, 1.54) is 6.39 Å². The van der Waals surface area contributed by atoms with Gasteiger partial charge in [-0.05, 0) is 43.7 Å². The Morgan fingerprint density at radius 2 is 1.85 bits per heavy atom. The summed E-state index contributed by atoms with van der Waals surface area (Å²) in [6, 6.07) is 12.9. The van der Waals surface area contributed by atoms with Gasteiger partial charge in [0.1, 0.15) is 0 Å². The summed E-state index contributed by atoms with van der Waals surface area (Å²) in [6.07, 6.45) is 3.02. The fourth-order valence-corrected chi connectivity index (χ4v) is 2.86. The van der Waals surface area contributed by atoms with Crippen LogP contribution in [0.25, 0.3) is 11.3 Å². The number of benzene rings is 2. The zero-order valence-corrected chi connectivity index (χ0v) is 14.5. The summed E-state index contributed by atoms with van der Waals surface area (Å²) in [5.74, 6) is 1.93. The van der Waals surface area contributed by atoms with Gasteiger partial charge >= 0.3 is 0 Å². The molecule has 0 radical (unpaired) electrons. The summed E-state index contributed by atoms with van der Waals surface area (Å²) in [4.78, 5) is 16.6. The molecule has 6 heteroatoms. The van der Waals surface area contributed by atoms with Crippen LogP contribution in [-0.4, -0.2) is 17.7 Å². The number of carbonyl (C=O) groups excluding carboxylic acids is 1. The first-order valence-corrected chi connectivity index (χ1v) is 8.24. The van der Waals surface area contributed by atoms with Crippen molar-refractivity contribution in [3.05, 3.63) is 66.2 Å². The van der Waals surface area contributed by atoms with E-state index in [0.717, 1.165) is 16.9 Å². The smallest absolute Gasteiger partial charge is 0.251 e. The van der Waals surface area contributed by atoms with Gasteiger partial charge in [0.25, 0.3) is 5.91 Å². The van der Waals surface area contributed by atoms with Gasteiger partial charge in [0.2, 0.25) is 6.79 Å². The number of nitrogens with zero attached hydrogens (tertiary/aromatic N) is 1. The predicted octanol–water partition coefficient (Wildman–Crippen LogP) is 3.74. The van der Waals surface area contributed by atoms with Gasteiger partial charge in [-0.3, -0.25) is 4.79 Å². The lowest BCUT2D eigenvalue weighted by Gasteiger charge is -2.27. The Kier molecular flexibility index (Phi) is 3.88. The molecule has 6 nitrogen and oxygen atoms in total. The number of aromatic nitrogens is 1. The third-order valence-corrected chi connectivity index (χ3v) is 4.38. The molecule has 1 N–H and O–H groups in total. The molecule has 1 aromatic heterocycles. The number of rotatable bonds is 4. The molecule has 0 aliphatic carbocycles. The Hall–Kier alpha value is -3.28. The Labute approximate surface area is 150 Å². The van der Waals surface area contributed by atoms with E-state index in [9.17, 15) is 4.79 Å². The Balaban J connectivity index is 1.51. The number of carbonyl (C=O) groups is 1. The van der Waals surface area contributed by atoms with Crippen LogP contribution < -0.4 is 14.8 Å².